The molecule has 3 N–H and O–H groups in total. The molecule has 6 aromatic rings. The number of halogens is 3. The third kappa shape index (κ3) is 21.7. The monoisotopic (exact) mass is 1290 g/mol. The van der Waals surface area contributed by atoms with Crippen LogP contribution in [0.2, 0.25) is 15.1 Å². The lowest BCUT2D eigenvalue weighted by molar-refractivity contribution is -0.172. The number of benzene rings is 6. The van der Waals surface area contributed by atoms with E-state index in [0.29, 0.717) is 73.6 Å². The van der Waals surface area contributed by atoms with Gasteiger partial charge in [0.2, 0.25) is 0 Å². The smallest absolute Gasteiger partial charge is 0.312 e. The lowest BCUT2D eigenvalue weighted by Gasteiger charge is -2.41. The van der Waals surface area contributed by atoms with E-state index < -0.39 is 21.8 Å². The summed E-state index contributed by atoms with van der Waals surface area (Å²) in [4.78, 5) is 45.9. The second-order valence-corrected chi connectivity index (χ2v) is 26.2. The summed E-state index contributed by atoms with van der Waals surface area (Å²) in [5, 5.41) is 29.9. The minimum Gasteiger partial charge on any atom is -0.506 e. The molecule has 0 atom stereocenters. The maximum Gasteiger partial charge on any atom is 0.312 e. The summed E-state index contributed by atoms with van der Waals surface area (Å²) < 4.78 is 34.5. The number of likely N-dealkylation sites (tertiary alicyclic amines) is 3. The predicted octanol–water partition coefficient (Wildman–Crippen LogP) is 15.1. The molecule has 18 heteroatoms. The molecule has 6 aromatic carbocycles. The van der Waals surface area contributed by atoms with E-state index in [9.17, 15) is 29.7 Å². The van der Waals surface area contributed by atoms with Crippen LogP contribution < -0.4 is 14.2 Å². The van der Waals surface area contributed by atoms with Crippen molar-refractivity contribution in [2.75, 3.05) is 65.7 Å². The van der Waals surface area contributed by atoms with Gasteiger partial charge in [-0.3, -0.25) is 29.1 Å². The zero-order valence-corrected chi connectivity index (χ0v) is 55.2. The Kier molecular flexibility index (Phi) is 26.8. The minimum absolute atomic E-state index is 0.0893. The molecule has 486 valence electrons. The molecule has 15 nitrogen and oxygen atoms in total. The molecule has 0 saturated carbocycles. The van der Waals surface area contributed by atoms with E-state index in [0.717, 1.165) is 119 Å². The Balaban J connectivity index is 0.000000192. The van der Waals surface area contributed by atoms with Gasteiger partial charge in [-0.05, 0) is 228 Å². The van der Waals surface area contributed by atoms with Crippen molar-refractivity contribution in [2.24, 2.45) is 16.2 Å². The number of carbonyl (C=O) groups excluding carboxylic acids is 3. The number of rotatable bonds is 23. The number of phenols is 3. The highest BCUT2D eigenvalue weighted by molar-refractivity contribution is 6.32. The molecule has 0 bridgehead atoms. The van der Waals surface area contributed by atoms with Crippen LogP contribution in [0, 0.1) is 16.2 Å². The Morgan fingerprint density at radius 1 is 0.467 bits per heavy atom. The van der Waals surface area contributed by atoms with Crippen molar-refractivity contribution in [3.8, 4) is 34.5 Å². The molecule has 3 aliphatic heterocycles. The fraction of sp³-hybridized carbons (Fsp3) is 0.458. The maximum absolute atomic E-state index is 13.2. The zero-order valence-electron chi connectivity index (χ0n) is 53.0. The van der Waals surface area contributed by atoms with Gasteiger partial charge in [-0.1, -0.05) is 108 Å². The molecule has 0 unspecified atom stereocenters. The molecule has 3 saturated heterocycles. The molecule has 0 aliphatic carbocycles. The Hall–Kier alpha value is -6.72. The van der Waals surface area contributed by atoms with Crippen LogP contribution in [0.1, 0.15) is 116 Å². The van der Waals surface area contributed by atoms with Crippen molar-refractivity contribution >= 4 is 52.7 Å². The van der Waals surface area contributed by atoms with Crippen LogP contribution in [-0.4, -0.2) is 125 Å². The van der Waals surface area contributed by atoms with Crippen LogP contribution in [0.3, 0.4) is 0 Å². The number of aromatic hydroxyl groups is 3. The third-order valence-corrected chi connectivity index (χ3v) is 17.7. The Morgan fingerprint density at radius 2 is 0.767 bits per heavy atom. The van der Waals surface area contributed by atoms with Crippen molar-refractivity contribution in [2.45, 2.75) is 131 Å². The molecule has 0 spiro atoms. The van der Waals surface area contributed by atoms with Gasteiger partial charge in [0.05, 0.1) is 63.8 Å². The minimum atomic E-state index is -0.550. The third-order valence-electron chi connectivity index (χ3n) is 16.8. The fourth-order valence-electron chi connectivity index (χ4n) is 11.5. The number of hydrogen-bond donors (Lipinski definition) is 3. The van der Waals surface area contributed by atoms with Crippen LogP contribution in [-0.2, 0) is 48.2 Å². The number of phenolic OH excluding ortho intramolecular Hbond substituents is 3. The van der Waals surface area contributed by atoms with Gasteiger partial charge in [-0.2, -0.15) is 0 Å². The number of piperidine rings is 3. The molecule has 0 radical (unpaired) electrons. The molecule has 90 heavy (non-hydrogen) atoms. The van der Waals surface area contributed by atoms with Crippen molar-refractivity contribution in [1.29, 1.82) is 0 Å². The summed E-state index contributed by atoms with van der Waals surface area (Å²) >= 11 is 18.1. The molecule has 0 amide bonds. The molecule has 0 aromatic heterocycles. The number of ether oxygens (including phenoxy) is 6. The van der Waals surface area contributed by atoms with Crippen LogP contribution >= 0.6 is 34.8 Å². The van der Waals surface area contributed by atoms with E-state index in [1.807, 2.05) is 151 Å². The molecule has 3 fully saturated rings. The van der Waals surface area contributed by atoms with Crippen molar-refractivity contribution in [3.05, 3.63) is 177 Å². The lowest BCUT2D eigenvalue weighted by atomic mass is 9.75. The number of carbonyl (C=O) groups is 3. The van der Waals surface area contributed by atoms with Crippen LogP contribution in [0.4, 0.5) is 0 Å². The van der Waals surface area contributed by atoms with Gasteiger partial charge < -0.3 is 43.7 Å². The Bertz CT molecular complexity index is 3180. The molecule has 3 heterocycles. The summed E-state index contributed by atoms with van der Waals surface area (Å²) in [6.45, 7) is 20.1. The van der Waals surface area contributed by atoms with E-state index >= 15 is 0 Å². The first-order valence-corrected chi connectivity index (χ1v) is 32.4. The van der Waals surface area contributed by atoms with Crippen LogP contribution in [0.15, 0.2) is 146 Å². The van der Waals surface area contributed by atoms with Gasteiger partial charge in [0.1, 0.15) is 40.1 Å². The van der Waals surface area contributed by atoms with Crippen molar-refractivity contribution in [1.82, 2.24) is 14.7 Å². The van der Waals surface area contributed by atoms with Crippen LogP contribution in [0.5, 0.6) is 34.5 Å². The average molecular weight is 1300 g/mol. The fourth-order valence-corrected chi connectivity index (χ4v) is 12.1. The largest absolute Gasteiger partial charge is 0.506 e. The standard InChI is InChI=1S/C25H32ClNO4.C24H30ClNO4.C23H28ClNO4/c1-24(2,3)31-23(29)25(13-16-30-20-7-5-4-6-8-20)11-14-27(15-12-25)18-19-9-10-22(28)21(26)17-19;1-18(2)30-23(28)24(12-15-29-20-6-4-3-5-7-20)10-13-26(14-11-24)17-19-8-9-22(27)21(25)16-19;1-2-28-22(27)23(12-15-29-19-6-4-3-5-7-19)10-13-25(14-11-23)17-18-8-9-21(26)20(24)16-18/h4-10,17,28H,11-16,18H2,1-3H3;3-9,16,18,27H,10-15,17H2,1-2H3;3-9,16,26H,2,10-15,17H2,1H3. The predicted molar refractivity (Wildman–Crippen MR) is 354 cm³/mol. The van der Waals surface area contributed by atoms with E-state index in [-0.39, 0.29) is 41.3 Å². The van der Waals surface area contributed by atoms with Gasteiger partial charge in [0.25, 0.3) is 0 Å². The highest BCUT2D eigenvalue weighted by atomic mass is 35.5. The Morgan fingerprint density at radius 3 is 1.04 bits per heavy atom. The molecular weight excluding hydrogens is 1210 g/mol. The first-order valence-electron chi connectivity index (χ1n) is 31.3. The van der Waals surface area contributed by atoms with Crippen LogP contribution in [0.25, 0.3) is 0 Å². The Labute approximate surface area is 547 Å². The average Bonchev–Trinajstić information content (AvgIpc) is 3.36. The van der Waals surface area contributed by atoms with Gasteiger partial charge in [-0.15, -0.1) is 0 Å². The van der Waals surface area contributed by atoms with Crippen molar-refractivity contribution < 1.29 is 58.1 Å². The first kappa shape index (κ1) is 70.7. The number of para-hydroxylation sites is 3. The van der Waals surface area contributed by atoms with E-state index in [1.165, 1.54) is 0 Å². The summed E-state index contributed by atoms with van der Waals surface area (Å²) in [5.41, 5.74) is 1.03. The highest BCUT2D eigenvalue weighted by Gasteiger charge is 2.46. The second-order valence-electron chi connectivity index (χ2n) is 24.9. The number of esters is 3. The molecular formula is C72H90Cl3N3O12. The topological polar surface area (TPSA) is 177 Å². The first-order chi connectivity index (χ1) is 43.1. The van der Waals surface area contributed by atoms with E-state index in [2.05, 4.69) is 14.7 Å². The van der Waals surface area contributed by atoms with Gasteiger partial charge in [0, 0.05) is 19.6 Å². The second kappa shape index (κ2) is 34.1. The van der Waals surface area contributed by atoms with E-state index in [4.69, 9.17) is 63.2 Å². The zero-order chi connectivity index (χ0) is 64.7. The lowest BCUT2D eigenvalue weighted by Crippen LogP contribution is -2.47. The molecule has 9 rings (SSSR count). The summed E-state index contributed by atoms with van der Waals surface area (Å²) in [5.74, 6) is 2.32. The molecule has 3 aliphatic rings. The number of nitrogens with zero attached hydrogens (tertiary/aromatic N) is 3. The van der Waals surface area contributed by atoms with Gasteiger partial charge in [0.15, 0.2) is 0 Å². The summed E-state index contributed by atoms with van der Waals surface area (Å²) in [7, 11) is 0. The SMILES string of the molecule is CC(C)(C)OC(=O)C1(CCOc2ccccc2)CCN(Cc2ccc(O)c(Cl)c2)CC1.CC(C)OC(=O)C1(CCOc2ccccc2)CCN(Cc2ccc(O)c(Cl)c2)CC1.CCOC(=O)C1(CCOc2ccccc2)CCN(Cc2ccc(O)c(Cl)c2)CC1. The summed E-state index contributed by atoms with van der Waals surface area (Å²) in [6.07, 6.45) is 6.09. The normalized spacial score (nSPS) is 16.5. The quantitative estimate of drug-likeness (QED) is 0.0407. The summed E-state index contributed by atoms with van der Waals surface area (Å²) in [6, 6.07) is 44.9. The van der Waals surface area contributed by atoms with Gasteiger partial charge >= 0.3 is 17.9 Å². The highest BCUT2D eigenvalue weighted by Crippen LogP contribution is 2.41. The number of hydrogen-bond acceptors (Lipinski definition) is 15. The maximum atomic E-state index is 13.2. The van der Waals surface area contributed by atoms with E-state index in [1.54, 1.807) is 36.4 Å². The van der Waals surface area contributed by atoms with Gasteiger partial charge in [-0.25, -0.2) is 0 Å². The van der Waals surface area contributed by atoms with Crippen molar-refractivity contribution in [3.63, 3.8) is 0 Å².